The molecule has 5 unspecified atom stereocenters. The fourth-order valence-electron chi connectivity index (χ4n) is 5.16. The SMILES string of the molecule is CCC(C)C(N)C(=O)NC(Cc1c[nH]c2ccccc12)C(=O)NC(Cc1c[nH]c2ccccc12)C(=O)NC(CC(=O)O)C(=O)O. The molecule has 0 aliphatic rings. The van der Waals surface area contributed by atoms with Crippen LogP contribution >= 0.6 is 0 Å². The van der Waals surface area contributed by atoms with Gasteiger partial charge >= 0.3 is 11.9 Å². The van der Waals surface area contributed by atoms with Crippen LogP contribution in [0, 0.1) is 5.92 Å². The lowest BCUT2D eigenvalue weighted by Gasteiger charge is -2.26. The lowest BCUT2D eigenvalue weighted by Crippen LogP contribution is -2.58. The fourth-order valence-corrected chi connectivity index (χ4v) is 5.16. The molecule has 0 spiro atoms. The van der Waals surface area contributed by atoms with Crippen LogP contribution < -0.4 is 21.7 Å². The zero-order chi connectivity index (χ0) is 32.7. The number of hydrogen-bond acceptors (Lipinski definition) is 6. The largest absolute Gasteiger partial charge is 0.481 e. The van der Waals surface area contributed by atoms with Gasteiger partial charge in [0.15, 0.2) is 0 Å². The second kappa shape index (κ2) is 14.5. The van der Waals surface area contributed by atoms with E-state index in [1.165, 1.54) is 0 Å². The first kappa shape index (κ1) is 32.7. The number of para-hydroxylation sites is 2. The summed E-state index contributed by atoms with van der Waals surface area (Å²) < 4.78 is 0. The van der Waals surface area contributed by atoms with E-state index in [1.807, 2.05) is 62.4 Å². The number of carbonyl (C=O) groups excluding carboxylic acids is 3. The Morgan fingerprint density at radius 3 is 1.62 bits per heavy atom. The molecule has 4 aromatic rings. The summed E-state index contributed by atoms with van der Waals surface area (Å²) >= 11 is 0. The third-order valence-electron chi connectivity index (χ3n) is 8.02. The van der Waals surface area contributed by atoms with Gasteiger partial charge in [-0.3, -0.25) is 19.2 Å². The minimum absolute atomic E-state index is 0.0544. The van der Waals surface area contributed by atoms with E-state index in [9.17, 15) is 29.1 Å². The fraction of sp³-hybridized carbons (Fsp3) is 0.344. The average Bonchev–Trinajstić information content (AvgIpc) is 3.62. The van der Waals surface area contributed by atoms with Crippen LogP contribution in [0.25, 0.3) is 21.8 Å². The van der Waals surface area contributed by atoms with E-state index in [1.54, 1.807) is 12.4 Å². The van der Waals surface area contributed by atoms with Gasteiger partial charge in [-0.1, -0.05) is 56.7 Å². The van der Waals surface area contributed by atoms with Crippen LogP contribution in [0.2, 0.25) is 0 Å². The highest BCUT2D eigenvalue weighted by atomic mass is 16.4. The van der Waals surface area contributed by atoms with E-state index in [4.69, 9.17) is 10.8 Å². The van der Waals surface area contributed by atoms with Crippen molar-refractivity contribution < 1.29 is 34.2 Å². The first-order chi connectivity index (χ1) is 21.5. The van der Waals surface area contributed by atoms with E-state index >= 15 is 0 Å². The van der Waals surface area contributed by atoms with Crippen molar-refractivity contribution in [3.8, 4) is 0 Å². The number of aromatic nitrogens is 2. The van der Waals surface area contributed by atoms with E-state index in [2.05, 4.69) is 25.9 Å². The Labute approximate surface area is 258 Å². The molecule has 0 radical (unpaired) electrons. The van der Waals surface area contributed by atoms with Crippen LogP contribution in [0.5, 0.6) is 0 Å². The third kappa shape index (κ3) is 8.06. The number of nitrogens with one attached hydrogen (secondary N) is 5. The summed E-state index contributed by atoms with van der Waals surface area (Å²) in [5.41, 5.74) is 9.21. The number of carbonyl (C=O) groups is 5. The van der Waals surface area contributed by atoms with Crippen molar-refractivity contribution >= 4 is 51.5 Å². The summed E-state index contributed by atoms with van der Waals surface area (Å²) in [6, 6.07) is 9.70. The van der Waals surface area contributed by atoms with Gasteiger partial charge in [-0.2, -0.15) is 0 Å². The van der Waals surface area contributed by atoms with Crippen LogP contribution in [0.1, 0.15) is 37.8 Å². The van der Waals surface area contributed by atoms with Crippen LogP contribution in [0.4, 0.5) is 0 Å². The number of nitrogens with two attached hydrogens (primary N) is 1. The van der Waals surface area contributed by atoms with Gasteiger partial charge < -0.3 is 41.9 Å². The highest BCUT2D eigenvalue weighted by Crippen LogP contribution is 2.21. The van der Waals surface area contributed by atoms with Gasteiger partial charge in [-0.15, -0.1) is 0 Å². The minimum atomic E-state index is -1.73. The molecule has 2 aromatic carbocycles. The maximum atomic E-state index is 13.9. The molecule has 13 heteroatoms. The summed E-state index contributed by atoms with van der Waals surface area (Å²) in [6.07, 6.45) is 3.21. The standard InChI is InChI=1S/C32H38N6O7/c1-3-17(2)28(33)31(43)37-25(13-19-16-35-23-11-7-5-9-21(19)23)29(41)36-24(30(42)38-26(32(44)45)14-27(39)40)12-18-15-34-22-10-6-4-8-20(18)22/h4-11,15-17,24-26,28,34-35H,3,12-14,33H2,1-2H3,(H,36,41)(H,37,43)(H,38,42)(H,39,40)(H,44,45). The Balaban J connectivity index is 1.65. The summed E-state index contributed by atoms with van der Waals surface area (Å²) in [5, 5.41) is 28.0. The summed E-state index contributed by atoms with van der Waals surface area (Å²) in [4.78, 5) is 69.9. The molecular weight excluding hydrogens is 580 g/mol. The van der Waals surface area contributed by atoms with Crippen LogP contribution in [-0.4, -0.2) is 74.0 Å². The van der Waals surface area contributed by atoms with Crippen molar-refractivity contribution in [3.63, 3.8) is 0 Å². The molecule has 9 N–H and O–H groups in total. The molecule has 0 aliphatic carbocycles. The van der Waals surface area contributed by atoms with E-state index < -0.39 is 60.2 Å². The van der Waals surface area contributed by atoms with Crippen molar-refractivity contribution in [3.05, 3.63) is 72.1 Å². The highest BCUT2D eigenvalue weighted by molar-refractivity contribution is 5.96. The Bertz CT molecular complexity index is 1700. The van der Waals surface area contributed by atoms with Crippen LogP contribution in [0.15, 0.2) is 60.9 Å². The number of rotatable bonds is 15. The molecule has 0 fully saturated rings. The number of aromatic amines is 2. The van der Waals surface area contributed by atoms with E-state index in [0.29, 0.717) is 12.0 Å². The summed E-state index contributed by atoms with van der Waals surface area (Å²) in [7, 11) is 0. The van der Waals surface area contributed by atoms with Crippen molar-refractivity contribution in [1.82, 2.24) is 25.9 Å². The molecular formula is C32H38N6O7. The second-order valence-corrected chi connectivity index (χ2v) is 11.2. The molecule has 2 heterocycles. The number of fused-ring (bicyclic) bond motifs is 2. The Kier molecular flexibility index (Phi) is 10.6. The number of benzene rings is 2. The first-order valence-electron chi connectivity index (χ1n) is 14.7. The smallest absolute Gasteiger partial charge is 0.326 e. The van der Waals surface area contributed by atoms with Crippen molar-refractivity contribution in [2.75, 3.05) is 0 Å². The third-order valence-corrected chi connectivity index (χ3v) is 8.02. The molecule has 2 aromatic heterocycles. The maximum Gasteiger partial charge on any atom is 0.326 e. The zero-order valence-electron chi connectivity index (χ0n) is 25.0. The Hall–Kier alpha value is -5.17. The molecule has 4 rings (SSSR count). The van der Waals surface area contributed by atoms with Gasteiger partial charge in [-0.05, 0) is 29.2 Å². The number of carboxylic acids is 2. The molecule has 0 saturated carbocycles. The minimum Gasteiger partial charge on any atom is -0.481 e. The molecule has 0 saturated heterocycles. The van der Waals surface area contributed by atoms with E-state index in [0.717, 1.165) is 27.4 Å². The van der Waals surface area contributed by atoms with Crippen molar-refractivity contribution in [1.29, 1.82) is 0 Å². The monoisotopic (exact) mass is 618 g/mol. The van der Waals surface area contributed by atoms with Gasteiger partial charge in [0, 0.05) is 47.0 Å². The molecule has 0 bridgehead atoms. The zero-order valence-corrected chi connectivity index (χ0v) is 25.0. The van der Waals surface area contributed by atoms with Crippen LogP contribution in [-0.2, 0) is 36.8 Å². The van der Waals surface area contributed by atoms with Gasteiger partial charge in [0.1, 0.15) is 18.1 Å². The average molecular weight is 619 g/mol. The summed E-state index contributed by atoms with van der Waals surface area (Å²) in [5.74, 6) is -5.24. The van der Waals surface area contributed by atoms with Crippen molar-refractivity contribution in [2.45, 2.75) is 63.7 Å². The van der Waals surface area contributed by atoms with Crippen molar-refractivity contribution in [2.24, 2.45) is 11.7 Å². The first-order valence-corrected chi connectivity index (χ1v) is 14.7. The van der Waals surface area contributed by atoms with E-state index in [-0.39, 0.29) is 18.8 Å². The quantitative estimate of drug-likeness (QED) is 0.0980. The molecule has 5 atom stereocenters. The maximum absolute atomic E-state index is 13.9. The van der Waals surface area contributed by atoms with Gasteiger partial charge in [-0.25, -0.2) is 4.79 Å². The second-order valence-electron chi connectivity index (χ2n) is 11.2. The predicted octanol–water partition coefficient (Wildman–Crippen LogP) is 1.82. The number of carboxylic acid groups (broad SMARTS) is 2. The number of hydrogen-bond donors (Lipinski definition) is 8. The predicted molar refractivity (Wildman–Crippen MR) is 167 cm³/mol. The topological polar surface area (TPSA) is 219 Å². The van der Waals surface area contributed by atoms with Crippen LogP contribution in [0.3, 0.4) is 0 Å². The van der Waals surface area contributed by atoms with Gasteiger partial charge in [0.2, 0.25) is 17.7 Å². The molecule has 13 nitrogen and oxygen atoms in total. The molecule has 238 valence electrons. The highest BCUT2D eigenvalue weighted by Gasteiger charge is 2.32. The molecule has 3 amide bonds. The summed E-state index contributed by atoms with van der Waals surface area (Å²) in [6.45, 7) is 3.73. The van der Waals surface area contributed by atoms with Gasteiger partial charge in [0.05, 0.1) is 12.5 Å². The number of H-pyrrole nitrogens is 2. The Morgan fingerprint density at radius 1 is 0.733 bits per heavy atom. The number of amides is 3. The number of aliphatic carboxylic acids is 2. The normalized spacial score (nSPS) is 14.6. The molecule has 45 heavy (non-hydrogen) atoms. The molecule has 0 aliphatic heterocycles. The lowest BCUT2D eigenvalue weighted by atomic mass is 9.97. The lowest BCUT2D eigenvalue weighted by molar-refractivity contribution is -0.147. The Morgan fingerprint density at radius 2 is 1.18 bits per heavy atom. The van der Waals surface area contributed by atoms with Gasteiger partial charge in [0.25, 0.3) is 0 Å².